The summed E-state index contributed by atoms with van der Waals surface area (Å²) >= 11 is 0. The number of para-hydroxylation sites is 1. The Bertz CT molecular complexity index is 3070. The molecule has 1 aliphatic rings. The van der Waals surface area contributed by atoms with Gasteiger partial charge in [-0.1, -0.05) is 159 Å². The molecule has 2 heterocycles. The quantitative estimate of drug-likeness (QED) is 0.184. The van der Waals surface area contributed by atoms with Crippen LogP contribution in [0.3, 0.4) is 0 Å². The minimum atomic E-state index is -0.266. The van der Waals surface area contributed by atoms with Crippen molar-refractivity contribution in [3.8, 4) is 56.4 Å². The number of hydrogen-bond donors (Lipinski definition) is 0. The van der Waals surface area contributed by atoms with Gasteiger partial charge in [-0.2, -0.15) is 0 Å². The molecule has 54 heavy (non-hydrogen) atoms. The summed E-state index contributed by atoms with van der Waals surface area (Å²) in [4.78, 5) is 15.1. The number of furan rings is 1. The lowest BCUT2D eigenvalue weighted by molar-refractivity contribution is 0.659. The van der Waals surface area contributed by atoms with Crippen molar-refractivity contribution in [3.63, 3.8) is 0 Å². The number of aromatic nitrogens is 3. The molecule has 11 rings (SSSR count). The van der Waals surface area contributed by atoms with Crippen LogP contribution in [-0.2, 0) is 5.41 Å². The van der Waals surface area contributed by atoms with Gasteiger partial charge in [-0.05, 0) is 67.7 Å². The molecule has 4 nitrogen and oxygen atoms in total. The molecule has 0 N–H and O–H groups in total. The summed E-state index contributed by atoms with van der Waals surface area (Å²) in [6, 6.07) is 57.5. The van der Waals surface area contributed by atoms with Gasteiger partial charge in [0.05, 0.1) is 0 Å². The van der Waals surface area contributed by atoms with E-state index < -0.39 is 0 Å². The van der Waals surface area contributed by atoms with E-state index in [0.29, 0.717) is 17.5 Å². The summed E-state index contributed by atoms with van der Waals surface area (Å²) in [5.74, 6) is 1.96. The van der Waals surface area contributed by atoms with Crippen molar-refractivity contribution in [2.45, 2.75) is 19.3 Å². The summed E-state index contributed by atoms with van der Waals surface area (Å²) in [5.41, 5.74) is 12.1. The maximum atomic E-state index is 6.62. The highest BCUT2D eigenvalue weighted by atomic mass is 16.3. The molecule has 0 spiro atoms. The van der Waals surface area contributed by atoms with Crippen LogP contribution in [0.1, 0.15) is 25.0 Å². The molecule has 2 aromatic heterocycles. The fourth-order valence-electron chi connectivity index (χ4n) is 8.80. The van der Waals surface area contributed by atoms with Gasteiger partial charge in [0, 0.05) is 38.3 Å². The van der Waals surface area contributed by atoms with Crippen LogP contribution in [0.2, 0.25) is 0 Å². The van der Waals surface area contributed by atoms with Crippen molar-refractivity contribution in [1.29, 1.82) is 0 Å². The van der Waals surface area contributed by atoms with E-state index >= 15 is 0 Å². The molecule has 4 heteroatoms. The molecule has 0 bridgehead atoms. The Kier molecular flexibility index (Phi) is 6.56. The minimum Gasteiger partial charge on any atom is -0.455 e. The van der Waals surface area contributed by atoms with Gasteiger partial charge in [-0.25, -0.2) is 15.0 Å². The smallest absolute Gasteiger partial charge is 0.164 e. The summed E-state index contributed by atoms with van der Waals surface area (Å²) in [6.07, 6.45) is 0. The highest BCUT2D eigenvalue weighted by Crippen LogP contribution is 2.57. The van der Waals surface area contributed by atoms with Crippen molar-refractivity contribution >= 4 is 43.5 Å². The molecule has 0 saturated heterocycles. The average molecular weight is 692 g/mol. The third kappa shape index (κ3) is 4.47. The summed E-state index contributed by atoms with van der Waals surface area (Å²) in [7, 11) is 0. The van der Waals surface area contributed by atoms with Gasteiger partial charge >= 0.3 is 0 Å². The van der Waals surface area contributed by atoms with Gasteiger partial charge in [-0.3, -0.25) is 0 Å². The van der Waals surface area contributed by atoms with E-state index in [0.717, 1.165) is 44.0 Å². The van der Waals surface area contributed by atoms with Crippen LogP contribution in [0, 0.1) is 0 Å². The van der Waals surface area contributed by atoms with Crippen LogP contribution in [0.5, 0.6) is 0 Å². The maximum Gasteiger partial charge on any atom is 0.164 e. The standard InChI is InChI=1S/C50H33N3O/c1-50(2)41-29-32(25-26-39(41)43-36-21-11-12-22-37(36)46-44(45(43)50)40-23-13-14-24-42(40)54-46)33-27-28-38(35-20-10-9-19-34(33)35)49-52-47(30-15-5-3-6-16-30)51-48(53-49)31-17-7-4-8-18-31/h3-29H,1-2H3. The molecule has 1 aliphatic carbocycles. The lowest BCUT2D eigenvalue weighted by atomic mass is 9.79. The Labute approximate surface area is 312 Å². The van der Waals surface area contributed by atoms with E-state index in [4.69, 9.17) is 19.4 Å². The van der Waals surface area contributed by atoms with E-state index in [1.807, 2.05) is 60.7 Å². The second-order valence-corrected chi connectivity index (χ2v) is 14.7. The molecule has 0 amide bonds. The van der Waals surface area contributed by atoms with Crippen LogP contribution in [0.15, 0.2) is 168 Å². The lowest BCUT2D eigenvalue weighted by Crippen LogP contribution is -2.15. The second kappa shape index (κ2) is 11.5. The monoisotopic (exact) mass is 691 g/mol. The zero-order valence-corrected chi connectivity index (χ0v) is 29.8. The number of fused-ring (bicyclic) bond motifs is 11. The SMILES string of the molecule is CC1(C)c2cc(-c3ccc(-c4nc(-c5ccccc5)nc(-c5ccccc5)n4)c4ccccc34)ccc2-c2c1c1c3ccccc3oc1c1ccccc21. The van der Waals surface area contributed by atoms with E-state index in [9.17, 15) is 0 Å². The van der Waals surface area contributed by atoms with Crippen molar-refractivity contribution in [3.05, 3.63) is 175 Å². The van der Waals surface area contributed by atoms with Crippen LogP contribution in [0.25, 0.3) is 99.9 Å². The first-order valence-electron chi connectivity index (χ1n) is 18.5. The molecule has 0 fully saturated rings. The summed E-state index contributed by atoms with van der Waals surface area (Å²) < 4.78 is 6.62. The van der Waals surface area contributed by atoms with Crippen molar-refractivity contribution in [2.75, 3.05) is 0 Å². The van der Waals surface area contributed by atoms with Crippen molar-refractivity contribution in [2.24, 2.45) is 0 Å². The van der Waals surface area contributed by atoms with E-state index in [1.165, 1.54) is 49.5 Å². The first-order valence-corrected chi connectivity index (χ1v) is 18.5. The van der Waals surface area contributed by atoms with Crippen LogP contribution >= 0.6 is 0 Å². The second-order valence-electron chi connectivity index (χ2n) is 14.7. The van der Waals surface area contributed by atoms with E-state index in [-0.39, 0.29) is 5.41 Å². The highest BCUT2D eigenvalue weighted by Gasteiger charge is 2.40. The Balaban J connectivity index is 1.10. The maximum absolute atomic E-state index is 6.62. The molecule has 10 aromatic rings. The molecule has 0 radical (unpaired) electrons. The summed E-state index contributed by atoms with van der Waals surface area (Å²) in [6.45, 7) is 4.74. The van der Waals surface area contributed by atoms with Crippen molar-refractivity contribution in [1.82, 2.24) is 15.0 Å². The van der Waals surface area contributed by atoms with E-state index in [1.54, 1.807) is 0 Å². The van der Waals surface area contributed by atoms with E-state index in [2.05, 4.69) is 117 Å². The fraction of sp³-hybridized carbons (Fsp3) is 0.0600. The third-order valence-electron chi connectivity index (χ3n) is 11.3. The van der Waals surface area contributed by atoms with Gasteiger partial charge in [0.25, 0.3) is 0 Å². The predicted molar refractivity (Wildman–Crippen MR) is 221 cm³/mol. The molecule has 0 saturated carbocycles. The molecular formula is C50H33N3O. The number of nitrogens with zero attached hydrogens (tertiary/aromatic N) is 3. The highest BCUT2D eigenvalue weighted by molar-refractivity contribution is 6.23. The number of benzene rings is 8. The topological polar surface area (TPSA) is 51.8 Å². The average Bonchev–Trinajstić information content (AvgIpc) is 3.73. The van der Waals surface area contributed by atoms with Crippen LogP contribution in [-0.4, -0.2) is 15.0 Å². The number of hydrogen-bond acceptors (Lipinski definition) is 4. The predicted octanol–water partition coefficient (Wildman–Crippen LogP) is 13.1. The molecule has 254 valence electrons. The normalized spacial score (nSPS) is 13.1. The molecular weight excluding hydrogens is 659 g/mol. The zero-order chi connectivity index (χ0) is 36.0. The Hall–Kier alpha value is -6.91. The van der Waals surface area contributed by atoms with Gasteiger partial charge in [0.15, 0.2) is 17.5 Å². The summed E-state index contributed by atoms with van der Waals surface area (Å²) in [5, 5.41) is 7.02. The molecule has 0 unspecified atom stereocenters. The fourth-order valence-corrected chi connectivity index (χ4v) is 8.80. The van der Waals surface area contributed by atoms with Gasteiger partial charge in [-0.15, -0.1) is 0 Å². The molecule has 0 aliphatic heterocycles. The van der Waals surface area contributed by atoms with Crippen LogP contribution in [0.4, 0.5) is 0 Å². The Morgan fingerprint density at radius 3 is 1.63 bits per heavy atom. The van der Waals surface area contributed by atoms with Gasteiger partial charge in [0.2, 0.25) is 0 Å². The van der Waals surface area contributed by atoms with Gasteiger partial charge < -0.3 is 4.42 Å². The largest absolute Gasteiger partial charge is 0.455 e. The first-order chi connectivity index (χ1) is 26.5. The molecule has 8 aromatic carbocycles. The Morgan fingerprint density at radius 1 is 0.426 bits per heavy atom. The van der Waals surface area contributed by atoms with Crippen LogP contribution < -0.4 is 0 Å². The molecule has 0 atom stereocenters. The van der Waals surface area contributed by atoms with Gasteiger partial charge in [0.1, 0.15) is 11.2 Å². The lowest BCUT2D eigenvalue weighted by Gasteiger charge is -2.23. The zero-order valence-electron chi connectivity index (χ0n) is 29.8. The number of rotatable bonds is 4. The minimum absolute atomic E-state index is 0.266. The first kappa shape index (κ1) is 30.7. The third-order valence-corrected chi connectivity index (χ3v) is 11.3. The Morgan fingerprint density at radius 2 is 0.944 bits per heavy atom. The van der Waals surface area contributed by atoms with Crippen molar-refractivity contribution < 1.29 is 4.42 Å².